The monoisotopic (exact) mass is 207 g/mol. The van der Waals surface area contributed by atoms with Crippen molar-refractivity contribution in [1.82, 2.24) is 0 Å². The second kappa shape index (κ2) is 5.17. The first-order valence-electron chi connectivity index (χ1n) is 4.55. The second-order valence-corrected chi connectivity index (χ2v) is 3.50. The van der Waals surface area contributed by atoms with Gasteiger partial charge in [0.1, 0.15) is 0 Å². The molecule has 1 nitrogen and oxygen atoms in total. The highest BCUT2D eigenvalue weighted by molar-refractivity contribution is 5.61. The third-order valence-electron chi connectivity index (χ3n) is 2.33. The summed E-state index contributed by atoms with van der Waals surface area (Å²) < 4.78 is 37.1. The molecule has 0 saturated heterocycles. The van der Waals surface area contributed by atoms with Crippen LogP contribution in [0.2, 0.25) is 0 Å². The molecule has 0 aromatic heterocycles. The van der Waals surface area contributed by atoms with Crippen LogP contribution in [0.4, 0.5) is 13.2 Å². The molecule has 0 aliphatic carbocycles. The zero-order chi connectivity index (χ0) is 11.4. The Balaban J connectivity index is 4.44. The number of allylic oxidation sites excluding steroid dienone is 1. The quantitative estimate of drug-likeness (QED) is 0.523. The van der Waals surface area contributed by atoms with Gasteiger partial charge in [-0.05, 0) is 19.8 Å². The number of alkyl halides is 3. The minimum atomic E-state index is -4.16. The fraction of sp³-hybridized carbons (Fsp3) is 0.700. The summed E-state index contributed by atoms with van der Waals surface area (Å²) in [7, 11) is 0. The summed E-state index contributed by atoms with van der Waals surface area (Å²) in [6.07, 6.45) is -3.12. The molecule has 14 heavy (non-hydrogen) atoms. The molecule has 0 rings (SSSR count). The lowest BCUT2D eigenvalue weighted by Gasteiger charge is -2.22. The summed E-state index contributed by atoms with van der Waals surface area (Å²) in [5.74, 6) is -1.78. The summed E-state index contributed by atoms with van der Waals surface area (Å²) in [4.78, 5) is 0. The lowest BCUT2D eigenvalue weighted by Crippen LogP contribution is -2.25. The predicted octanol–water partition coefficient (Wildman–Crippen LogP) is 3.81. The normalized spacial score (nSPS) is 16.1. The van der Waals surface area contributed by atoms with Crippen LogP contribution in [0.5, 0.6) is 0 Å². The molecule has 4 heteroatoms. The number of nitrogens with one attached hydrogen (secondary N) is 1. The predicted molar refractivity (Wildman–Crippen MR) is 51.5 cm³/mol. The lowest BCUT2D eigenvalue weighted by molar-refractivity contribution is -0.177. The van der Waals surface area contributed by atoms with Gasteiger partial charge in [-0.15, -0.1) is 0 Å². The smallest absolute Gasteiger partial charge is 0.312 e. The van der Waals surface area contributed by atoms with Gasteiger partial charge in [-0.1, -0.05) is 19.1 Å². The van der Waals surface area contributed by atoms with Crippen LogP contribution in [0, 0.1) is 17.2 Å². The van der Waals surface area contributed by atoms with Crippen molar-refractivity contribution in [2.24, 2.45) is 11.8 Å². The fourth-order valence-electron chi connectivity index (χ4n) is 1.25. The van der Waals surface area contributed by atoms with Crippen molar-refractivity contribution in [3.8, 4) is 0 Å². The average molecular weight is 207 g/mol. The maximum atomic E-state index is 12.4. The van der Waals surface area contributed by atoms with E-state index in [0.717, 1.165) is 6.21 Å². The van der Waals surface area contributed by atoms with Gasteiger partial charge in [-0.3, -0.25) is 0 Å². The molecule has 1 N–H and O–H groups in total. The molecule has 0 radical (unpaired) electrons. The van der Waals surface area contributed by atoms with E-state index in [2.05, 4.69) is 6.58 Å². The van der Waals surface area contributed by atoms with E-state index in [-0.39, 0.29) is 12.8 Å². The van der Waals surface area contributed by atoms with Crippen LogP contribution >= 0.6 is 0 Å². The molecular weight excluding hydrogens is 191 g/mol. The minimum absolute atomic E-state index is 0.0567. The molecule has 0 aliphatic heterocycles. The van der Waals surface area contributed by atoms with Gasteiger partial charge in [-0.2, -0.15) is 13.2 Å². The van der Waals surface area contributed by atoms with Gasteiger partial charge in [0, 0.05) is 12.1 Å². The molecule has 2 atom stereocenters. The third-order valence-corrected chi connectivity index (χ3v) is 2.33. The van der Waals surface area contributed by atoms with Crippen LogP contribution in [0.1, 0.15) is 26.7 Å². The highest BCUT2D eigenvalue weighted by atomic mass is 19.4. The maximum absolute atomic E-state index is 12.4. The van der Waals surface area contributed by atoms with Crippen LogP contribution in [0.15, 0.2) is 12.2 Å². The summed E-state index contributed by atoms with van der Waals surface area (Å²) in [5, 5.41) is 7.01. The van der Waals surface area contributed by atoms with E-state index in [0.29, 0.717) is 5.57 Å². The Hall–Kier alpha value is -0.800. The number of hydrogen-bond donors (Lipinski definition) is 1. The highest BCUT2D eigenvalue weighted by Crippen LogP contribution is 2.34. The fourth-order valence-corrected chi connectivity index (χ4v) is 1.25. The molecule has 2 unspecified atom stereocenters. The van der Waals surface area contributed by atoms with Gasteiger partial charge in [0.15, 0.2) is 0 Å². The lowest BCUT2D eigenvalue weighted by atomic mass is 9.89. The number of hydrogen-bond acceptors (Lipinski definition) is 1. The van der Waals surface area contributed by atoms with Gasteiger partial charge in [0.2, 0.25) is 0 Å². The van der Waals surface area contributed by atoms with Gasteiger partial charge < -0.3 is 5.41 Å². The first kappa shape index (κ1) is 13.2. The molecule has 0 aromatic carbocycles. The van der Waals surface area contributed by atoms with E-state index in [9.17, 15) is 13.2 Å². The Morgan fingerprint density at radius 1 is 1.50 bits per heavy atom. The van der Waals surface area contributed by atoms with Crippen molar-refractivity contribution in [2.45, 2.75) is 32.9 Å². The van der Waals surface area contributed by atoms with E-state index < -0.39 is 18.0 Å². The van der Waals surface area contributed by atoms with Gasteiger partial charge in [-0.25, -0.2) is 0 Å². The second-order valence-electron chi connectivity index (χ2n) is 3.50. The number of rotatable bonds is 5. The van der Waals surface area contributed by atoms with Crippen molar-refractivity contribution in [3.05, 3.63) is 12.2 Å². The minimum Gasteiger partial charge on any atom is -0.312 e. The topological polar surface area (TPSA) is 23.9 Å². The van der Waals surface area contributed by atoms with Crippen molar-refractivity contribution < 1.29 is 13.2 Å². The summed E-state index contributed by atoms with van der Waals surface area (Å²) in [6.45, 7) is 6.74. The van der Waals surface area contributed by atoms with Crippen LogP contribution in [-0.4, -0.2) is 12.4 Å². The zero-order valence-corrected chi connectivity index (χ0v) is 8.49. The standard InChI is InChI=1S/C10H16F3N/c1-4-9(10(11,12)13)5-8(6-14)7(2)3/h6,8-9,14H,2,4-5H2,1,3H3. The van der Waals surface area contributed by atoms with Crippen molar-refractivity contribution >= 4 is 6.21 Å². The van der Waals surface area contributed by atoms with Gasteiger partial charge in [0.25, 0.3) is 0 Å². The van der Waals surface area contributed by atoms with Gasteiger partial charge >= 0.3 is 6.18 Å². The zero-order valence-electron chi connectivity index (χ0n) is 8.49. The molecule has 0 bridgehead atoms. The van der Waals surface area contributed by atoms with Crippen LogP contribution in [-0.2, 0) is 0 Å². The number of halogens is 3. The molecule has 82 valence electrons. The molecule has 0 aliphatic rings. The third kappa shape index (κ3) is 3.94. The maximum Gasteiger partial charge on any atom is 0.391 e. The molecule has 0 heterocycles. The molecule has 0 saturated carbocycles. The first-order chi connectivity index (χ1) is 6.32. The van der Waals surface area contributed by atoms with E-state index >= 15 is 0 Å². The van der Waals surface area contributed by atoms with E-state index in [1.165, 1.54) is 6.92 Å². The van der Waals surface area contributed by atoms with E-state index in [1.807, 2.05) is 0 Å². The Morgan fingerprint density at radius 2 is 2.00 bits per heavy atom. The molecular formula is C10H16F3N. The van der Waals surface area contributed by atoms with Crippen molar-refractivity contribution in [2.75, 3.05) is 0 Å². The highest BCUT2D eigenvalue weighted by Gasteiger charge is 2.39. The summed E-state index contributed by atoms with van der Waals surface area (Å²) >= 11 is 0. The van der Waals surface area contributed by atoms with E-state index in [4.69, 9.17) is 5.41 Å². The van der Waals surface area contributed by atoms with E-state index in [1.54, 1.807) is 6.92 Å². The van der Waals surface area contributed by atoms with Crippen LogP contribution in [0.3, 0.4) is 0 Å². The molecule has 0 aromatic rings. The van der Waals surface area contributed by atoms with Crippen LogP contribution < -0.4 is 0 Å². The van der Waals surface area contributed by atoms with Gasteiger partial charge in [0.05, 0.1) is 5.92 Å². The van der Waals surface area contributed by atoms with Crippen LogP contribution in [0.25, 0.3) is 0 Å². The first-order valence-corrected chi connectivity index (χ1v) is 4.55. The molecule has 0 fully saturated rings. The van der Waals surface area contributed by atoms with Crippen molar-refractivity contribution in [1.29, 1.82) is 5.41 Å². The Labute approximate surface area is 82.5 Å². The molecule has 0 spiro atoms. The SMILES string of the molecule is C=C(C)C(C=N)CC(CC)C(F)(F)F. The van der Waals surface area contributed by atoms with Crippen molar-refractivity contribution in [3.63, 3.8) is 0 Å². The largest absolute Gasteiger partial charge is 0.391 e. The Bertz CT molecular complexity index is 208. The summed E-state index contributed by atoms with van der Waals surface area (Å²) in [6, 6.07) is 0. The average Bonchev–Trinajstić information content (AvgIpc) is 2.03. The summed E-state index contributed by atoms with van der Waals surface area (Å²) in [5.41, 5.74) is 0.614. The Morgan fingerprint density at radius 3 is 2.21 bits per heavy atom. The Kier molecular flexibility index (Phi) is 4.88. The molecule has 0 amide bonds.